The summed E-state index contributed by atoms with van der Waals surface area (Å²) in [6.45, 7) is 1.43. The molecule has 2 atom stereocenters. The SMILES string of the molecule is COc1ccc(Cl)cc1CNC(=O)CN(C)CC1CCCC1O. The van der Waals surface area contributed by atoms with Gasteiger partial charge in [-0.2, -0.15) is 0 Å². The lowest BCUT2D eigenvalue weighted by atomic mass is 10.1. The molecule has 0 aromatic heterocycles. The van der Waals surface area contributed by atoms with Gasteiger partial charge in [0.15, 0.2) is 0 Å². The van der Waals surface area contributed by atoms with Gasteiger partial charge in [-0.25, -0.2) is 0 Å². The number of nitrogens with zero attached hydrogens (tertiary/aromatic N) is 1. The highest BCUT2D eigenvalue weighted by molar-refractivity contribution is 6.30. The monoisotopic (exact) mass is 340 g/mol. The molecule has 1 aliphatic rings. The zero-order chi connectivity index (χ0) is 16.8. The van der Waals surface area contributed by atoms with Crippen molar-refractivity contribution in [2.75, 3.05) is 27.2 Å². The molecule has 0 saturated heterocycles. The van der Waals surface area contributed by atoms with Crippen molar-refractivity contribution in [3.05, 3.63) is 28.8 Å². The van der Waals surface area contributed by atoms with Gasteiger partial charge in [0.05, 0.1) is 19.8 Å². The number of methoxy groups -OCH3 is 1. The highest BCUT2D eigenvalue weighted by atomic mass is 35.5. The fourth-order valence-corrected chi connectivity index (χ4v) is 3.27. The van der Waals surface area contributed by atoms with Crippen LogP contribution in [0.2, 0.25) is 5.02 Å². The molecule has 0 bridgehead atoms. The summed E-state index contributed by atoms with van der Waals surface area (Å²) in [5, 5.41) is 13.4. The average molecular weight is 341 g/mol. The van der Waals surface area contributed by atoms with E-state index in [9.17, 15) is 9.90 Å². The second-order valence-electron chi connectivity index (χ2n) is 6.19. The van der Waals surface area contributed by atoms with E-state index in [4.69, 9.17) is 16.3 Å². The molecule has 1 amide bonds. The topological polar surface area (TPSA) is 61.8 Å². The van der Waals surface area contributed by atoms with Crippen LogP contribution < -0.4 is 10.1 Å². The predicted molar refractivity (Wildman–Crippen MR) is 90.7 cm³/mol. The van der Waals surface area contributed by atoms with Crippen molar-refractivity contribution in [2.24, 2.45) is 5.92 Å². The number of hydrogen-bond acceptors (Lipinski definition) is 4. The Balaban J connectivity index is 1.79. The smallest absolute Gasteiger partial charge is 0.234 e. The lowest BCUT2D eigenvalue weighted by Crippen LogP contribution is -2.38. The molecular weight excluding hydrogens is 316 g/mol. The van der Waals surface area contributed by atoms with Crippen LogP contribution in [-0.2, 0) is 11.3 Å². The van der Waals surface area contributed by atoms with Crippen molar-refractivity contribution in [2.45, 2.75) is 31.9 Å². The van der Waals surface area contributed by atoms with Crippen LogP contribution in [0.5, 0.6) is 5.75 Å². The van der Waals surface area contributed by atoms with Crippen LogP contribution in [0.1, 0.15) is 24.8 Å². The minimum absolute atomic E-state index is 0.0537. The highest BCUT2D eigenvalue weighted by Gasteiger charge is 2.26. The van der Waals surface area contributed by atoms with Gasteiger partial charge in [-0.15, -0.1) is 0 Å². The van der Waals surface area contributed by atoms with Crippen molar-refractivity contribution in [1.82, 2.24) is 10.2 Å². The van der Waals surface area contributed by atoms with Crippen LogP contribution in [0.3, 0.4) is 0 Å². The van der Waals surface area contributed by atoms with E-state index in [1.54, 1.807) is 25.3 Å². The molecule has 2 unspecified atom stereocenters. The van der Waals surface area contributed by atoms with Gasteiger partial charge in [0.2, 0.25) is 5.91 Å². The fourth-order valence-electron chi connectivity index (χ4n) is 3.08. The van der Waals surface area contributed by atoms with E-state index in [0.29, 0.717) is 23.9 Å². The number of hydrogen-bond donors (Lipinski definition) is 2. The molecule has 1 fully saturated rings. The second-order valence-corrected chi connectivity index (χ2v) is 6.62. The van der Waals surface area contributed by atoms with E-state index < -0.39 is 0 Å². The van der Waals surface area contributed by atoms with Gasteiger partial charge in [-0.3, -0.25) is 9.69 Å². The number of aliphatic hydroxyl groups is 1. The van der Waals surface area contributed by atoms with Crippen molar-refractivity contribution >= 4 is 17.5 Å². The number of amides is 1. The Kier molecular flexibility index (Phi) is 6.69. The number of carbonyl (C=O) groups is 1. The number of likely N-dealkylation sites (N-methyl/N-ethyl adjacent to an activating group) is 1. The van der Waals surface area contributed by atoms with E-state index in [1.165, 1.54) is 0 Å². The number of aliphatic hydroxyl groups excluding tert-OH is 1. The number of benzene rings is 1. The summed E-state index contributed by atoms with van der Waals surface area (Å²) in [4.78, 5) is 14.0. The Morgan fingerprint density at radius 3 is 2.91 bits per heavy atom. The third-order valence-corrected chi connectivity index (χ3v) is 4.53. The number of halogens is 1. The first-order valence-electron chi connectivity index (χ1n) is 7.95. The quantitative estimate of drug-likeness (QED) is 0.797. The summed E-state index contributed by atoms with van der Waals surface area (Å²) in [6.07, 6.45) is 2.75. The standard InChI is InChI=1S/C17H25ClN2O3/c1-20(10-12-4-3-5-15(12)21)11-17(22)19-9-13-8-14(18)6-7-16(13)23-2/h6-8,12,15,21H,3-5,9-11H2,1-2H3,(H,19,22). The Bertz CT molecular complexity index is 539. The second kappa shape index (κ2) is 8.52. The first kappa shape index (κ1) is 18.0. The summed E-state index contributed by atoms with van der Waals surface area (Å²) in [7, 11) is 3.50. The number of ether oxygens (including phenoxy) is 1. The van der Waals surface area contributed by atoms with E-state index in [2.05, 4.69) is 5.32 Å². The molecule has 2 rings (SSSR count). The zero-order valence-electron chi connectivity index (χ0n) is 13.7. The van der Waals surface area contributed by atoms with E-state index in [1.807, 2.05) is 11.9 Å². The van der Waals surface area contributed by atoms with Gasteiger partial charge in [-0.1, -0.05) is 18.0 Å². The maximum atomic E-state index is 12.1. The highest BCUT2D eigenvalue weighted by Crippen LogP contribution is 2.26. The van der Waals surface area contributed by atoms with Crippen LogP contribution >= 0.6 is 11.6 Å². The molecule has 128 valence electrons. The molecule has 5 nitrogen and oxygen atoms in total. The Hall–Kier alpha value is -1.30. The minimum atomic E-state index is -0.226. The lowest BCUT2D eigenvalue weighted by Gasteiger charge is -2.22. The zero-order valence-corrected chi connectivity index (χ0v) is 14.5. The van der Waals surface area contributed by atoms with Gasteiger partial charge in [0.25, 0.3) is 0 Å². The average Bonchev–Trinajstić information content (AvgIpc) is 2.90. The van der Waals surface area contributed by atoms with E-state index in [0.717, 1.165) is 31.4 Å². The largest absolute Gasteiger partial charge is 0.496 e. The maximum absolute atomic E-state index is 12.1. The molecule has 0 radical (unpaired) electrons. The maximum Gasteiger partial charge on any atom is 0.234 e. The predicted octanol–water partition coefficient (Wildman–Crippen LogP) is 2.06. The first-order valence-corrected chi connectivity index (χ1v) is 8.33. The van der Waals surface area contributed by atoms with E-state index in [-0.39, 0.29) is 17.9 Å². The summed E-state index contributed by atoms with van der Waals surface area (Å²) in [5.74, 6) is 0.931. The number of nitrogens with one attached hydrogen (secondary N) is 1. The van der Waals surface area contributed by atoms with E-state index >= 15 is 0 Å². The fraction of sp³-hybridized carbons (Fsp3) is 0.588. The van der Waals surface area contributed by atoms with Crippen molar-refractivity contribution in [3.63, 3.8) is 0 Å². The van der Waals surface area contributed by atoms with Crippen molar-refractivity contribution in [3.8, 4) is 5.75 Å². The van der Waals surface area contributed by atoms with Gasteiger partial charge in [0.1, 0.15) is 5.75 Å². The third-order valence-electron chi connectivity index (χ3n) is 4.30. The normalized spacial score (nSPS) is 20.7. The van der Waals surface area contributed by atoms with Crippen molar-refractivity contribution in [1.29, 1.82) is 0 Å². The molecule has 0 spiro atoms. The van der Waals surface area contributed by atoms with Gasteiger partial charge in [0, 0.05) is 23.7 Å². The molecule has 1 aliphatic carbocycles. The third kappa shape index (κ3) is 5.37. The Labute approximate surface area is 142 Å². The summed E-state index contributed by atoms with van der Waals surface area (Å²) >= 11 is 5.98. The minimum Gasteiger partial charge on any atom is -0.496 e. The lowest BCUT2D eigenvalue weighted by molar-refractivity contribution is -0.122. The van der Waals surface area contributed by atoms with Crippen molar-refractivity contribution < 1.29 is 14.6 Å². The molecule has 2 N–H and O–H groups in total. The van der Waals surface area contributed by atoms with Crippen LogP contribution in [0.25, 0.3) is 0 Å². The Morgan fingerprint density at radius 2 is 2.26 bits per heavy atom. The summed E-state index contributed by atoms with van der Waals surface area (Å²) in [6, 6.07) is 5.34. The van der Waals surface area contributed by atoms with Gasteiger partial charge >= 0.3 is 0 Å². The van der Waals surface area contributed by atoms with Gasteiger partial charge < -0.3 is 15.2 Å². The number of carbonyl (C=O) groups excluding carboxylic acids is 1. The number of rotatable bonds is 7. The van der Waals surface area contributed by atoms with Crippen LogP contribution in [0.4, 0.5) is 0 Å². The van der Waals surface area contributed by atoms with Crippen LogP contribution in [0, 0.1) is 5.92 Å². The molecule has 1 aromatic carbocycles. The first-order chi connectivity index (χ1) is 11.0. The molecule has 1 aromatic rings. The van der Waals surface area contributed by atoms with Crippen LogP contribution in [0.15, 0.2) is 18.2 Å². The van der Waals surface area contributed by atoms with Gasteiger partial charge in [-0.05, 0) is 44.0 Å². The Morgan fingerprint density at radius 1 is 1.48 bits per heavy atom. The molecule has 0 aliphatic heterocycles. The molecular formula is C17H25ClN2O3. The molecule has 23 heavy (non-hydrogen) atoms. The molecule has 6 heteroatoms. The molecule has 1 saturated carbocycles. The molecule has 0 heterocycles. The van der Waals surface area contributed by atoms with Crippen LogP contribution in [-0.4, -0.2) is 49.3 Å². The summed E-state index contributed by atoms with van der Waals surface area (Å²) in [5.41, 5.74) is 0.849. The summed E-state index contributed by atoms with van der Waals surface area (Å²) < 4.78 is 5.27.